The fourth-order valence-electron chi connectivity index (χ4n) is 2.70. The highest BCUT2D eigenvalue weighted by Gasteiger charge is 2.10. The van der Waals surface area contributed by atoms with Gasteiger partial charge in [-0.2, -0.15) is 0 Å². The maximum absolute atomic E-state index is 12.1. The summed E-state index contributed by atoms with van der Waals surface area (Å²) < 4.78 is 0. The minimum atomic E-state index is -0.181. The monoisotopic (exact) mass is 427 g/mol. The number of anilines is 1. The van der Waals surface area contributed by atoms with Crippen molar-refractivity contribution in [2.24, 2.45) is 0 Å². The molecule has 150 valence electrons. The van der Waals surface area contributed by atoms with Gasteiger partial charge in [-0.25, -0.2) is 4.98 Å². The molecule has 29 heavy (non-hydrogen) atoms. The molecule has 0 saturated heterocycles. The molecule has 1 aromatic heterocycles. The van der Waals surface area contributed by atoms with Gasteiger partial charge in [-0.3, -0.25) is 9.59 Å². The number of nitrogens with one attached hydrogen (secondary N) is 2. The van der Waals surface area contributed by atoms with E-state index < -0.39 is 0 Å². The van der Waals surface area contributed by atoms with Crippen molar-refractivity contribution in [1.29, 1.82) is 0 Å². The van der Waals surface area contributed by atoms with Gasteiger partial charge in [0.2, 0.25) is 5.91 Å². The Hall–Kier alpha value is -2.70. The van der Waals surface area contributed by atoms with Gasteiger partial charge in [-0.15, -0.1) is 11.3 Å². The Kier molecular flexibility index (Phi) is 7.01. The van der Waals surface area contributed by atoms with Gasteiger partial charge in [0.25, 0.3) is 5.91 Å². The van der Waals surface area contributed by atoms with Gasteiger partial charge in [-0.05, 0) is 61.7 Å². The summed E-state index contributed by atoms with van der Waals surface area (Å²) in [6.07, 6.45) is 0.847. The highest BCUT2D eigenvalue weighted by Crippen LogP contribution is 2.26. The van der Waals surface area contributed by atoms with Crippen LogP contribution in [0.3, 0.4) is 0 Å². The van der Waals surface area contributed by atoms with Crippen molar-refractivity contribution in [3.05, 3.63) is 69.6 Å². The van der Waals surface area contributed by atoms with Crippen molar-refractivity contribution in [1.82, 2.24) is 10.3 Å². The van der Waals surface area contributed by atoms with Crippen molar-refractivity contribution in [2.75, 3.05) is 11.9 Å². The van der Waals surface area contributed by atoms with Crippen LogP contribution in [0.4, 0.5) is 5.13 Å². The first-order chi connectivity index (χ1) is 13.9. The molecule has 2 N–H and O–H groups in total. The predicted octanol–water partition coefficient (Wildman–Crippen LogP) is 5.23. The van der Waals surface area contributed by atoms with Gasteiger partial charge in [0, 0.05) is 34.5 Å². The van der Waals surface area contributed by atoms with E-state index in [1.807, 2.05) is 11.4 Å². The minimum absolute atomic E-state index is 0.119. The number of halogens is 1. The fraction of sp³-hybridized carbons (Fsp3) is 0.227. The smallest absolute Gasteiger partial charge is 0.251 e. The van der Waals surface area contributed by atoms with Crippen molar-refractivity contribution < 1.29 is 9.59 Å². The number of rotatable bonds is 7. The lowest BCUT2D eigenvalue weighted by Crippen LogP contribution is -2.25. The van der Waals surface area contributed by atoms with E-state index in [9.17, 15) is 9.59 Å². The predicted molar refractivity (Wildman–Crippen MR) is 119 cm³/mol. The van der Waals surface area contributed by atoms with E-state index in [0.29, 0.717) is 35.1 Å². The minimum Gasteiger partial charge on any atom is -0.352 e. The highest BCUT2D eigenvalue weighted by atomic mass is 35.5. The number of carbonyl (C=O) groups is 2. The van der Waals surface area contributed by atoms with E-state index in [-0.39, 0.29) is 11.8 Å². The molecule has 0 aliphatic heterocycles. The van der Waals surface area contributed by atoms with Crippen LogP contribution in [0.25, 0.3) is 11.3 Å². The standard InChI is InChI=1S/C22H22ClN3O2S/c1-14-5-6-17(12-15(14)2)19-13-29-22(25-19)26-20(27)4-3-11-24-21(28)16-7-9-18(23)10-8-16/h5-10,12-13H,3-4,11H2,1-2H3,(H,24,28)(H,25,26,27). The van der Waals surface area contributed by atoms with Crippen molar-refractivity contribution >= 4 is 39.9 Å². The summed E-state index contributed by atoms with van der Waals surface area (Å²) in [5.41, 5.74) is 4.88. The van der Waals surface area contributed by atoms with Gasteiger partial charge >= 0.3 is 0 Å². The van der Waals surface area contributed by atoms with Crippen LogP contribution in [0.2, 0.25) is 5.02 Å². The number of benzene rings is 2. The molecule has 0 unspecified atom stereocenters. The first kappa shape index (κ1) is 21.0. The van der Waals surface area contributed by atoms with Gasteiger partial charge < -0.3 is 10.6 Å². The first-order valence-corrected chi connectivity index (χ1v) is 10.5. The number of amides is 2. The second kappa shape index (κ2) is 9.67. The third-order valence-corrected chi connectivity index (χ3v) is 5.54. The number of hydrogen-bond acceptors (Lipinski definition) is 4. The van der Waals surface area contributed by atoms with E-state index in [2.05, 4.69) is 41.6 Å². The summed E-state index contributed by atoms with van der Waals surface area (Å²) in [6, 6.07) is 12.9. The SMILES string of the molecule is Cc1ccc(-c2csc(NC(=O)CCCNC(=O)c3ccc(Cl)cc3)n2)cc1C. The molecule has 5 nitrogen and oxygen atoms in total. The largest absolute Gasteiger partial charge is 0.352 e. The molecular weight excluding hydrogens is 406 g/mol. The molecular formula is C22H22ClN3O2S. The van der Waals surface area contributed by atoms with Crippen molar-refractivity contribution in [2.45, 2.75) is 26.7 Å². The Labute approximate surface area is 179 Å². The number of aromatic nitrogens is 1. The van der Waals surface area contributed by atoms with Gasteiger partial charge in [0.1, 0.15) is 0 Å². The first-order valence-electron chi connectivity index (χ1n) is 9.29. The summed E-state index contributed by atoms with van der Waals surface area (Å²) >= 11 is 7.22. The molecule has 0 aliphatic carbocycles. The average Bonchev–Trinajstić information content (AvgIpc) is 3.16. The van der Waals surface area contributed by atoms with Crippen LogP contribution in [0.15, 0.2) is 47.8 Å². The molecule has 0 aliphatic rings. The van der Waals surface area contributed by atoms with Crippen LogP contribution in [-0.2, 0) is 4.79 Å². The average molecular weight is 428 g/mol. The molecule has 1 heterocycles. The zero-order valence-electron chi connectivity index (χ0n) is 16.3. The van der Waals surface area contributed by atoms with Crippen LogP contribution in [-0.4, -0.2) is 23.3 Å². The van der Waals surface area contributed by atoms with Crippen LogP contribution >= 0.6 is 22.9 Å². The lowest BCUT2D eigenvalue weighted by Gasteiger charge is -2.05. The maximum Gasteiger partial charge on any atom is 0.251 e. The number of carbonyl (C=O) groups excluding carboxylic acids is 2. The van der Waals surface area contributed by atoms with Crippen LogP contribution < -0.4 is 10.6 Å². The lowest BCUT2D eigenvalue weighted by molar-refractivity contribution is -0.116. The van der Waals surface area contributed by atoms with E-state index >= 15 is 0 Å². The Balaban J connectivity index is 1.44. The van der Waals surface area contributed by atoms with E-state index in [1.165, 1.54) is 22.5 Å². The molecule has 2 amide bonds. The van der Waals surface area contributed by atoms with Crippen molar-refractivity contribution in [3.63, 3.8) is 0 Å². The zero-order valence-corrected chi connectivity index (χ0v) is 17.9. The molecule has 0 saturated carbocycles. The second-order valence-corrected chi connectivity index (χ2v) is 8.05. The molecule has 0 spiro atoms. The van der Waals surface area contributed by atoms with Gasteiger partial charge in [-0.1, -0.05) is 23.7 Å². The molecule has 0 bridgehead atoms. The van der Waals surface area contributed by atoms with Gasteiger partial charge in [0.05, 0.1) is 5.69 Å². The lowest BCUT2D eigenvalue weighted by atomic mass is 10.1. The highest BCUT2D eigenvalue weighted by molar-refractivity contribution is 7.14. The summed E-state index contributed by atoms with van der Waals surface area (Å²) in [7, 11) is 0. The number of aryl methyl sites for hydroxylation is 2. The number of thiazole rings is 1. The summed E-state index contributed by atoms with van der Waals surface area (Å²) in [5.74, 6) is -0.299. The van der Waals surface area contributed by atoms with E-state index in [1.54, 1.807) is 24.3 Å². The quantitative estimate of drug-likeness (QED) is 0.507. The van der Waals surface area contributed by atoms with E-state index in [4.69, 9.17) is 11.6 Å². The topological polar surface area (TPSA) is 71.1 Å². The third-order valence-electron chi connectivity index (χ3n) is 4.53. The van der Waals surface area contributed by atoms with E-state index in [0.717, 1.165) is 11.3 Å². The molecule has 0 fully saturated rings. The molecule has 7 heteroatoms. The summed E-state index contributed by atoms with van der Waals surface area (Å²) in [6.45, 7) is 4.56. The Bertz CT molecular complexity index is 1020. The Morgan fingerprint density at radius 1 is 1.07 bits per heavy atom. The Morgan fingerprint density at radius 3 is 2.55 bits per heavy atom. The van der Waals surface area contributed by atoms with Crippen LogP contribution in [0, 0.1) is 13.8 Å². The second-order valence-electron chi connectivity index (χ2n) is 6.75. The molecule has 0 radical (unpaired) electrons. The van der Waals surface area contributed by atoms with Gasteiger partial charge in [0.15, 0.2) is 5.13 Å². The molecule has 2 aromatic carbocycles. The maximum atomic E-state index is 12.1. The van der Waals surface area contributed by atoms with Crippen LogP contribution in [0.1, 0.15) is 34.3 Å². The number of nitrogens with zero attached hydrogens (tertiary/aromatic N) is 1. The van der Waals surface area contributed by atoms with Crippen molar-refractivity contribution in [3.8, 4) is 11.3 Å². The zero-order chi connectivity index (χ0) is 20.8. The summed E-state index contributed by atoms with van der Waals surface area (Å²) in [4.78, 5) is 28.6. The Morgan fingerprint density at radius 2 is 1.83 bits per heavy atom. The molecule has 0 atom stereocenters. The fourth-order valence-corrected chi connectivity index (χ4v) is 3.56. The molecule has 3 rings (SSSR count). The van der Waals surface area contributed by atoms with Crippen LogP contribution in [0.5, 0.6) is 0 Å². The normalized spacial score (nSPS) is 10.6. The number of hydrogen-bond donors (Lipinski definition) is 2. The molecule has 3 aromatic rings. The third kappa shape index (κ3) is 5.89. The summed E-state index contributed by atoms with van der Waals surface area (Å²) in [5, 5.41) is 8.72.